The molecule has 1 aromatic heterocycles. The van der Waals surface area contributed by atoms with E-state index in [0.717, 1.165) is 34.4 Å². The van der Waals surface area contributed by atoms with E-state index in [2.05, 4.69) is 9.62 Å². The minimum atomic E-state index is -5.03. The van der Waals surface area contributed by atoms with Crippen molar-refractivity contribution in [1.29, 1.82) is 0 Å². The summed E-state index contributed by atoms with van der Waals surface area (Å²) in [6.45, 7) is 1.59. The maximum absolute atomic E-state index is 13.7. The van der Waals surface area contributed by atoms with Crippen LogP contribution in [0.2, 0.25) is 0 Å². The summed E-state index contributed by atoms with van der Waals surface area (Å²) >= 11 is 1.73. The topological polar surface area (TPSA) is 89.9 Å². The van der Waals surface area contributed by atoms with E-state index in [-0.39, 0.29) is 28.9 Å². The number of alkyl halides is 6. The van der Waals surface area contributed by atoms with Crippen LogP contribution in [0.25, 0.3) is 10.9 Å². The highest BCUT2D eigenvalue weighted by atomic mass is 32.2. The van der Waals surface area contributed by atoms with Gasteiger partial charge >= 0.3 is 12.4 Å². The standard InChI is InChI=1S/C41H33F6N3O5S2/c42-40(43,44)32-11-9-31(35(22-32)41(45,46)47)25-50-17-16-29-21-30(10-14-36(29)50)39(51)48-57(52,53)34-12-6-27(7-13-34)23-49(18-19-56-33-4-2-1-3-5-33)24-28-8-15-37-38(20-28)55-26-54-37/h1-17,20-22H,18-19,23-26H2,(H,48,51). The maximum Gasteiger partial charge on any atom is 0.416 e. The van der Waals surface area contributed by atoms with Gasteiger partial charge in [-0.2, -0.15) is 26.3 Å². The molecule has 8 nitrogen and oxygen atoms in total. The minimum Gasteiger partial charge on any atom is -0.454 e. The third-order valence-corrected chi connectivity index (χ3v) is 11.6. The van der Waals surface area contributed by atoms with Crippen molar-refractivity contribution >= 4 is 38.6 Å². The van der Waals surface area contributed by atoms with Crippen LogP contribution in [0.4, 0.5) is 26.3 Å². The second-order valence-corrected chi connectivity index (χ2v) is 16.1. The first-order valence-electron chi connectivity index (χ1n) is 17.4. The number of hydrogen-bond acceptors (Lipinski definition) is 7. The van der Waals surface area contributed by atoms with Gasteiger partial charge in [0.1, 0.15) is 0 Å². The molecule has 16 heteroatoms. The van der Waals surface area contributed by atoms with E-state index < -0.39 is 46.0 Å². The number of nitrogens with zero attached hydrogens (tertiary/aromatic N) is 2. The second kappa shape index (κ2) is 16.2. The molecule has 296 valence electrons. The fraction of sp³-hybridized carbons (Fsp3) is 0.195. The Morgan fingerprint density at radius 3 is 2.23 bits per heavy atom. The molecule has 1 aliphatic rings. The number of nitrogens with one attached hydrogen (secondary N) is 1. The maximum atomic E-state index is 13.7. The summed E-state index contributed by atoms with van der Waals surface area (Å²) in [5, 5.41) is 0.400. The number of fused-ring (bicyclic) bond motifs is 2. The molecule has 0 unspecified atom stereocenters. The highest BCUT2D eigenvalue weighted by molar-refractivity contribution is 7.99. The first-order valence-corrected chi connectivity index (χ1v) is 19.9. The summed E-state index contributed by atoms with van der Waals surface area (Å²) in [5.74, 6) is 1.25. The summed E-state index contributed by atoms with van der Waals surface area (Å²) in [4.78, 5) is 16.4. The summed E-state index contributed by atoms with van der Waals surface area (Å²) < 4.78 is 122. The number of sulfonamides is 1. The number of amides is 1. The van der Waals surface area contributed by atoms with Gasteiger partial charge in [0, 0.05) is 59.5 Å². The van der Waals surface area contributed by atoms with Gasteiger partial charge in [0.15, 0.2) is 11.5 Å². The van der Waals surface area contributed by atoms with Crippen LogP contribution in [-0.4, -0.2) is 42.9 Å². The van der Waals surface area contributed by atoms with Gasteiger partial charge in [-0.25, -0.2) is 13.1 Å². The number of thioether (sulfide) groups is 1. The second-order valence-electron chi connectivity index (χ2n) is 13.2. The summed E-state index contributed by atoms with van der Waals surface area (Å²) in [5.41, 5.74) is -0.990. The van der Waals surface area contributed by atoms with Crippen molar-refractivity contribution in [2.45, 2.75) is 41.8 Å². The Balaban J connectivity index is 1.02. The average molecular weight is 826 g/mol. The quantitative estimate of drug-likeness (QED) is 0.0918. The van der Waals surface area contributed by atoms with Crippen LogP contribution in [-0.2, 0) is 42.0 Å². The number of halogens is 6. The van der Waals surface area contributed by atoms with E-state index in [9.17, 15) is 39.6 Å². The van der Waals surface area contributed by atoms with Gasteiger partial charge in [-0.3, -0.25) is 9.69 Å². The van der Waals surface area contributed by atoms with E-state index in [1.807, 2.05) is 48.5 Å². The highest BCUT2D eigenvalue weighted by Crippen LogP contribution is 2.38. The smallest absolute Gasteiger partial charge is 0.416 e. The Kier molecular flexibility index (Phi) is 11.3. The Morgan fingerprint density at radius 1 is 0.772 bits per heavy atom. The Hall–Kier alpha value is -5.45. The summed E-state index contributed by atoms with van der Waals surface area (Å²) in [6.07, 6.45) is -8.55. The van der Waals surface area contributed by atoms with E-state index in [1.165, 1.54) is 47.2 Å². The number of carbonyl (C=O) groups is 1. The predicted molar refractivity (Wildman–Crippen MR) is 202 cm³/mol. The molecule has 7 rings (SSSR count). The SMILES string of the molecule is O=C(NS(=O)(=O)c1ccc(CN(CCSc2ccccc2)Cc2ccc3c(c2)OCO3)cc1)c1ccc2c(ccn2Cc2ccc(C(F)(F)F)cc2C(F)(F)F)c1. The molecule has 0 bridgehead atoms. The van der Waals surface area contributed by atoms with Crippen molar-refractivity contribution in [2.24, 2.45) is 0 Å². The van der Waals surface area contributed by atoms with Gasteiger partial charge < -0.3 is 14.0 Å². The first kappa shape index (κ1) is 39.8. The molecule has 1 aliphatic heterocycles. The lowest BCUT2D eigenvalue weighted by atomic mass is 10.0. The molecule has 0 atom stereocenters. The third-order valence-electron chi connectivity index (χ3n) is 9.25. The predicted octanol–water partition coefficient (Wildman–Crippen LogP) is 9.37. The third kappa shape index (κ3) is 9.58. The van der Waals surface area contributed by atoms with Crippen LogP contribution in [0.3, 0.4) is 0 Å². The van der Waals surface area contributed by atoms with Gasteiger partial charge in [-0.05, 0) is 89.5 Å². The van der Waals surface area contributed by atoms with Crippen LogP contribution in [0, 0.1) is 0 Å². The molecule has 5 aromatic carbocycles. The molecule has 0 saturated carbocycles. The Bertz CT molecular complexity index is 2510. The van der Waals surface area contributed by atoms with Crippen molar-refractivity contribution in [3.05, 3.63) is 155 Å². The lowest BCUT2D eigenvalue weighted by Gasteiger charge is -2.23. The molecule has 1 N–H and O–H groups in total. The summed E-state index contributed by atoms with van der Waals surface area (Å²) in [7, 11) is -4.31. The number of aromatic nitrogens is 1. The molecular formula is C41H33F6N3O5S2. The average Bonchev–Trinajstić information content (AvgIpc) is 3.81. The van der Waals surface area contributed by atoms with E-state index >= 15 is 0 Å². The zero-order chi connectivity index (χ0) is 40.4. The van der Waals surface area contributed by atoms with Gasteiger partial charge in [-0.15, -0.1) is 11.8 Å². The monoisotopic (exact) mass is 825 g/mol. The van der Waals surface area contributed by atoms with Gasteiger partial charge in [0.25, 0.3) is 15.9 Å². The van der Waals surface area contributed by atoms with E-state index in [0.29, 0.717) is 41.6 Å². The molecule has 0 saturated heterocycles. The van der Waals surface area contributed by atoms with E-state index in [4.69, 9.17) is 9.47 Å². The Morgan fingerprint density at radius 2 is 1.49 bits per heavy atom. The van der Waals surface area contributed by atoms with Crippen molar-refractivity contribution in [2.75, 3.05) is 19.1 Å². The van der Waals surface area contributed by atoms with Crippen molar-refractivity contribution in [3.8, 4) is 11.5 Å². The summed E-state index contributed by atoms with van der Waals surface area (Å²) in [6, 6.07) is 29.1. The van der Waals surface area contributed by atoms with Crippen LogP contribution < -0.4 is 14.2 Å². The van der Waals surface area contributed by atoms with E-state index in [1.54, 1.807) is 23.9 Å². The number of carbonyl (C=O) groups excluding carboxylic acids is 1. The normalized spacial score (nSPS) is 13.0. The van der Waals surface area contributed by atoms with Crippen molar-refractivity contribution in [1.82, 2.24) is 14.2 Å². The molecule has 1 amide bonds. The fourth-order valence-corrected chi connectivity index (χ4v) is 8.32. The number of rotatable bonds is 13. The molecular weight excluding hydrogens is 793 g/mol. The Labute approximate surface area is 328 Å². The van der Waals surface area contributed by atoms with Crippen LogP contribution >= 0.6 is 11.8 Å². The molecule has 6 aromatic rings. The molecule has 0 aliphatic carbocycles. The first-order chi connectivity index (χ1) is 27.1. The van der Waals surface area contributed by atoms with Crippen LogP contribution in [0.5, 0.6) is 11.5 Å². The lowest BCUT2D eigenvalue weighted by Crippen LogP contribution is -2.30. The zero-order valence-electron chi connectivity index (χ0n) is 29.8. The molecule has 0 radical (unpaired) electrons. The van der Waals surface area contributed by atoms with Gasteiger partial charge in [0.2, 0.25) is 6.79 Å². The largest absolute Gasteiger partial charge is 0.454 e. The van der Waals surface area contributed by atoms with Crippen molar-refractivity contribution < 1.29 is 49.0 Å². The lowest BCUT2D eigenvalue weighted by molar-refractivity contribution is -0.143. The minimum absolute atomic E-state index is 0.0292. The highest BCUT2D eigenvalue weighted by Gasteiger charge is 2.38. The van der Waals surface area contributed by atoms with Crippen molar-refractivity contribution in [3.63, 3.8) is 0 Å². The number of benzene rings is 5. The molecule has 0 spiro atoms. The van der Waals surface area contributed by atoms with Gasteiger partial charge in [-0.1, -0.05) is 42.5 Å². The zero-order valence-corrected chi connectivity index (χ0v) is 31.4. The van der Waals surface area contributed by atoms with Crippen LogP contribution in [0.15, 0.2) is 131 Å². The number of hydrogen-bond donors (Lipinski definition) is 1. The van der Waals surface area contributed by atoms with Gasteiger partial charge in [0.05, 0.1) is 16.0 Å². The molecule has 57 heavy (non-hydrogen) atoms. The van der Waals surface area contributed by atoms with Crippen LogP contribution in [0.1, 0.15) is 38.2 Å². The molecule has 2 heterocycles. The fourth-order valence-electron chi connectivity index (χ4n) is 6.41. The molecule has 0 fully saturated rings. The number of ether oxygens (including phenoxy) is 2.